The maximum atomic E-state index is 13.5. The van der Waals surface area contributed by atoms with E-state index < -0.39 is 44.8 Å². The fraction of sp³-hybridized carbons (Fsp3) is 0.422. The number of amides is 4. The SMILES string of the molecule is COc1cc(CCN(C)C[C@H]2CN(CCCc3cccc4c3C(=O)N(C3CCC(=O)NC3=O)C4=O)CCO2)c(C)cc1Nc1ncc(Cl)c(Nc2ccccc2S(=O)(=O)C(C)C)n1. The highest BCUT2D eigenvalue weighted by Gasteiger charge is 2.45. The number of carbonyl (C=O) groups is 4. The quantitative estimate of drug-likeness (QED) is 0.115. The molecule has 4 heterocycles. The summed E-state index contributed by atoms with van der Waals surface area (Å²) in [6, 6.07) is 14.9. The number of anilines is 4. The van der Waals surface area contributed by atoms with Crippen molar-refractivity contribution in [3.63, 3.8) is 0 Å². The standard InChI is InChI=1S/C45H53ClN8O8S/c1-27(2)63(59,60)38-14-7-6-13-34(38)48-41-33(46)24-47-45(51-41)49-35-22-28(3)30(23-37(35)61-5)17-19-52(4)25-31-26-53(20-21-62-31)18-9-11-29-10-8-12-32-40(29)44(58)54(43(32)57)36-15-16-39(55)50-42(36)56/h6-8,10,12-14,22-24,27,31,36H,9,11,15-21,25-26H2,1-5H3,(H,50,55,56)(H2,47,48,49,51)/t31-,36?/m0/s1. The van der Waals surface area contributed by atoms with Gasteiger partial charge in [0.2, 0.25) is 17.8 Å². The largest absolute Gasteiger partial charge is 0.495 e. The second kappa shape index (κ2) is 19.5. The number of carbonyl (C=O) groups excluding carboxylic acids is 4. The Balaban J connectivity index is 0.911. The second-order valence-electron chi connectivity index (χ2n) is 16.4. The van der Waals surface area contributed by atoms with E-state index in [9.17, 15) is 27.6 Å². The fourth-order valence-corrected chi connectivity index (χ4v) is 9.57. The lowest BCUT2D eigenvalue weighted by atomic mass is 9.99. The molecule has 2 fully saturated rings. The van der Waals surface area contributed by atoms with Crippen LogP contribution in [0.3, 0.4) is 0 Å². The van der Waals surface area contributed by atoms with Gasteiger partial charge >= 0.3 is 0 Å². The fourth-order valence-electron chi connectivity index (χ4n) is 8.23. The summed E-state index contributed by atoms with van der Waals surface area (Å²) in [5.74, 6) is -0.901. The van der Waals surface area contributed by atoms with Crippen molar-refractivity contribution < 1.29 is 37.1 Å². The number of halogens is 1. The Morgan fingerprint density at radius 3 is 2.57 bits per heavy atom. The highest BCUT2D eigenvalue weighted by molar-refractivity contribution is 7.92. The number of nitrogens with one attached hydrogen (secondary N) is 3. The number of benzene rings is 3. The molecular formula is C45H53ClN8O8S. The normalized spacial score (nSPS) is 18.3. The molecule has 4 aromatic rings. The van der Waals surface area contributed by atoms with Crippen molar-refractivity contribution in [3.05, 3.63) is 93.6 Å². The van der Waals surface area contributed by atoms with Crippen molar-refractivity contribution in [1.82, 2.24) is 30.0 Å². The molecule has 334 valence electrons. The van der Waals surface area contributed by atoms with E-state index in [1.54, 1.807) is 57.4 Å². The van der Waals surface area contributed by atoms with E-state index in [-0.39, 0.29) is 40.6 Å². The molecule has 0 bridgehead atoms. The smallest absolute Gasteiger partial charge is 0.262 e. The van der Waals surface area contributed by atoms with E-state index in [0.717, 1.165) is 67.2 Å². The number of likely N-dealkylation sites (N-methyl/N-ethyl adjacent to an activating group) is 1. The van der Waals surface area contributed by atoms with Gasteiger partial charge in [-0.3, -0.25) is 34.3 Å². The maximum absolute atomic E-state index is 13.5. The topological polar surface area (TPSA) is 192 Å². The first-order chi connectivity index (χ1) is 30.1. The first-order valence-electron chi connectivity index (χ1n) is 21.1. The van der Waals surface area contributed by atoms with Crippen molar-refractivity contribution >= 4 is 68.2 Å². The first-order valence-corrected chi connectivity index (χ1v) is 23.0. The molecule has 0 aliphatic carbocycles. The van der Waals surface area contributed by atoms with Crippen LogP contribution in [-0.4, -0.2) is 128 Å². The van der Waals surface area contributed by atoms with Crippen molar-refractivity contribution in [2.24, 2.45) is 0 Å². The number of para-hydroxylation sites is 1. The molecule has 16 nitrogen and oxygen atoms in total. The number of fused-ring (bicyclic) bond motifs is 1. The van der Waals surface area contributed by atoms with Gasteiger partial charge in [0.25, 0.3) is 11.8 Å². The summed E-state index contributed by atoms with van der Waals surface area (Å²) in [4.78, 5) is 65.7. The zero-order valence-corrected chi connectivity index (χ0v) is 37.6. The Kier molecular flexibility index (Phi) is 14.1. The molecule has 0 spiro atoms. The molecule has 2 atom stereocenters. The van der Waals surface area contributed by atoms with Crippen molar-refractivity contribution in [3.8, 4) is 5.75 Å². The number of nitrogens with zero attached hydrogens (tertiary/aromatic N) is 5. The molecule has 3 N–H and O–H groups in total. The summed E-state index contributed by atoms with van der Waals surface area (Å²) < 4.78 is 38.0. The molecule has 18 heteroatoms. The molecule has 63 heavy (non-hydrogen) atoms. The molecule has 7 rings (SSSR count). The summed E-state index contributed by atoms with van der Waals surface area (Å²) in [5, 5.41) is 8.18. The van der Waals surface area contributed by atoms with Gasteiger partial charge in [-0.25, -0.2) is 13.4 Å². The zero-order chi connectivity index (χ0) is 45.0. The molecule has 3 aromatic carbocycles. The highest BCUT2D eigenvalue weighted by Crippen LogP contribution is 2.34. The van der Waals surface area contributed by atoms with Crippen LogP contribution < -0.4 is 20.7 Å². The number of ether oxygens (including phenoxy) is 2. The van der Waals surface area contributed by atoms with Gasteiger partial charge in [-0.2, -0.15) is 4.98 Å². The van der Waals surface area contributed by atoms with Crippen LogP contribution in [-0.2, 0) is 37.0 Å². The van der Waals surface area contributed by atoms with E-state index in [1.807, 2.05) is 25.1 Å². The number of rotatable bonds is 17. The van der Waals surface area contributed by atoms with Gasteiger partial charge in [-0.05, 0) is 107 Å². The molecule has 3 aliphatic rings. The summed E-state index contributed by atoms with van der Waals surface area (Å²) in [6.45, 7) is 9.79. The molecule has 1 aromatic heterocycles. The van der Waals surface area contributed by atoms with E-state index in [2.05, 4.69) is 42.8 Å². The number of imide groups is 2. The number of aromatic nitrogens is 2. The Bertz CT molecular complexity index is 2520. The molecule has 4 amide bonds. The van der Waals surface area contributed by atoms with E-state index >= 15 is 0 Å². The van der Waals surface area contributed by atoms with Crippen LogP contribution in [0.2, 0.25) is 5.02 Å². The van der Waals surface area contributed by atoms with E-state index in [4.69, 9.17) is 21.1 Å². The monoisotopic (exact) mass is 900 g/mol. The number of sulfone groups is 1. The Morgan fingerprint density at radius 2 is 1.81 bits per heavy atom. The molecule has 2 saturated heterocycles. The zero-order valence-electron chi connectivity index (χ0n) is 36.1. The van der Waals surface area contributed by atoms with Gasteiger partial charge in [0.05, 0.1) is 58.7 Å². The second-order valence-corrected chi connectivity index (χ2v) is 19.3. The minimum absolute atomic E-state index is 0.0139. The van der Waals surface area contributed by atoms with E-state index in [0.29, 0.717) is 41.3 Å². The third-order valence-electron chi connectivity index (χ3n) is 11.7. The predicted molar refractivity (Wildman–Crippen MR) is 239 cm³/mol. The predicted octanol–water partition coefficient (Wildman–Crippen LogP) is 5.33. The Labute approximate surface area is 372 Å². The number of aryl methyl sites for hydroxylation is 2. The Morgan fingerprint density at radius 1 is 1.02 bits per heavy atom. The number of hydrogen-bond donors (Lipinski definition) is 3. The molecule has 0 radical (unpaired) electrons. The lowest BCUT2D eigenvalue weighted by molar-refractivity contribution is -0.136. The lowest BCUT2D eigenvalue weighted by Crippen LogP contribution is -2.54. The number of piperidine rings is 1. The summed E-state index contributed by atoms with van der Waals surface area (Å²) in [6.07, 6.45) is 3.79. The van der Waals surface area contributed by atoms with Crippen molar-refractivity contribution in [2.75, 3.05) is 64.1 Å². The third kappa shape index (κ3) is 10.2. The van der Waals surface area contributed by atoms with Crippen LogP contribution in [0.1, 0.15) is 70.5 Å². The van der Waals surface area contributed by atoms with Crippen molar-refractivity contribution in [2.45, 2.75) is 75.2 Å². The van der Waals surface area contributed by atoms with E-state index in [1.165, 1.54) is 6.20 Å². The molecule has 3 aliphatic heterocycles. The van der Waals surface area contributed by atoms with Crippen LogP contribution in [0.25, 0.3) is 0 Å². The molecular weight excluding hydrogens is 848 g/mol. The van der Waals surface area contributed by atoms with Crippen molar-refractivity contribution in [1.29, 1.82) is 0 Å². The lowest BCUT2D eigenvalue weighted by Gasteiger charge is -2.35. The van der Waals surface area contributed by atoms with Gasteiger partial charge in [-0.15, -0.1) is 0 Å². The minimum atomic E-state index is -3.58. The number of methoxy groups -OCH3 is 1. The van der Waals surface area contributed by atoms with Crippen LogP contribution in [0.4, 0.5) is 23.1 Å². The molecule has 0 saturated carbocycles. The summed E-state index contributed by atoms with van der Waals surface area (Å²) >= 11 is 6.47. The van der Waals surface area contributed by atoms with Gasteiger partial charge in [0.15, 0.2) is 15.7 Å². The highest BCUT2D eigenvalue weighted by atomic mass is 35.5. The maximum Gasteiger partial charge on any atom is 0.262 e. The molecule has 1 unspecified atom stereocenters. The summed E-state index contributed by atoms with van der Waals surface area (Å²) in [7, 11) is 0.102. The van der Waals surface area contributed by atoms with Gasteiger partial charge in [-0.1, -0.05) is 35.9 Å². The first kappa shape index (κ1) is 45.6. The Hall–Kier alpha value is -5.46. The average molecular weight is 901 g/mol. The van der Waals surface area contributed by atoms with Gasteiger partial charge in [0.1, 0.15) is 16.8 Å². The average Bonchev–Trinajstić information content (AvgIpc) is 3.50. The van der Waals surface area contributed by atoms with Gasteiger partial charge < -0.3 is 25.0 Å². The number of morpholine rings is 1. The van der Waals surface area contributed by atoms with Crippen LogP contribution in [0.15, 0.2) is 65.7 Å². The van der Waals surface area contributed by atoms with Gasteiger partial charge in [0, 0.05) is 32.6 Å². The summed E-state index contributed by atoms with van der Waals surface area (Å²) in [5.41, 5.74) is 4.61. The minimum Gasteiger partial charge on any atom is -0.495 e. The number of hydrogen-bond acceptors (Lipinski definition) is 14. The van der Waals surface area contributed by atoms with Crippen LogP contribution in [0, 0.1) is 6.92 Å². The van der Waals surface area contributed by atoms with Crippen LogP contribution in [0.5, 0.6) is 5.75 Å². The van der Waals surface area contributed by atoms with Crippen LogP contribution >= 0.6 is 11.6 Å². The third-order valence-corrected chi connectivity index (χ3v) is 14.2.